The number of likely N-dealkylation sites (N-methyl/N-ethyl adjacent to an activating group) is 1. The molecule has 0 aliphatic rings. The van der Waals surface area contributed by atoms with E-state index in [0.717, 1.165) is 11.6 Å². The lowest BCUT2D eigenvalue weighted by atomic mass is 9.87. The summed E-state index contributed by atoms with van der Waals surface area (Å²) in [7, 11) is 3.94. The molecule has 1 atom stereocenters. The van der Waals surface area contributed by atoms with Gasteiger partial charge in [0.25, 0.3) is 0 Å². The maximum Gasteiger partial charge on any atom is 0.122 e. The molecule has 0 bridgehead atoms. The van der Waals surface area contributed by atoms with Crippen LogP contribution in [0.15, 0.2) is 36.7 Å². The van der Waals surface area contributed by atoms with Gasteiger partial charge in [-0.3, -0.25) is 4.90 Å². The van der Waals surface area contributed by atoms with Crippen LogP contribution in [0.1, 0.15) is 32.2 Å². The fourth-order valence-corrected chi connectivity index (χ4v) is 2.51. The SMILES string of the molecule is CN(Cc1nccn1C)CC(O)COc1ccc(C(C)(C)C)cc1. The molecule has 0 fully saturated rings. The molecule has 1 N–H and O–H groups in total. The number of aliphatic hydroxyl groups excluding tert-OH is 1. The molecular weight excluding hydrogens is 302 g/mol. The van der Waals surface area contributed by atoms with Crippen LogP contribution in [-0.4, -0.2) is 45.9 Å². The number of hydrogen-bond donors (Lipinski definition) is 1. The van der Waals surface area contributed by atoms with Crippen LogP contribution in [0.3, 0.4) is 0 Å². The van der Waals surface area contributed by atoms with Crippen molar-refractivity contribution in [3.63, 3.8) is 0 Å². The summed E-state index contributed by atoms with van der Waals surface area (Å²) in [5.41, 5.74) is 1.40. The molecule has 0 spiro atoms. The number of hydrogen-bond acceptors (Lipinski definition) is 4. The summed E-state index contributed by atoms with van der Waals surface area (Å²) in [4.78, 5) is 6.33. The number of aromatic nitrogens is 2. The molecule has 0 saturated heterocycles. The van der Waals surface area contributed by atoms with Crippen molar-refractivity contribution < 1.29 is 9.84 Å². The molecule has 1 aromatic carbocycles. The summed E-state index contributed by atoms with van der Waals surface area (Å²) in [5, 5.41) is 10.2. The van der Waals surface area contributed by atoms with Gasteiger partial charge in [-0.25, -0.2) is 4.98 Å². The Hall–Kier alpha value is -1.85. The van der Waals surface area contributed by atoms with Crippen LogP contribution in [0, 0.1) is 0 Å². The van der Waals surface area contributed by atoms with E-state index in [1.54, 1.807) is 6.20 Å². The monoisotopic (exact) mass is 331 g/mol. The Morgan fingerprint density at radius 3 is 2.46 bits per heavy atom. The van der Waals surface area contributed by atoms with Gasteiger partial charge < -0.3 is 14.4 Å². The molecule has 0 saturated carbocycles. The second-order valence-electron chi connectivity index (χ2n) is 7.39. The van der Waals surface area contributed by atoms with Gasteiger partial charge in [0.05, 0.1) is 6.54 Å². The molecule has 1 unspecified atom stereocenters. The molecule has 24 heavy (non-hydrogen) atoms. The smallest absolute Gasteiger partial charge is 0.122 e. The quantitative estimate of drug-likeness (QED) is 0.847. The van der Waals surface area contributed by atoms with E-state index in [4.69, 9.17) is 4.74 Å². The molecule has 5 heteroatoms. The Kier molecular flexibility index (Phi) is 6.02. The third kappa shape index (κ3) is 5.35. The van der Waals surface area contributed by atoms with Gasteiger partial charge in [-0.05, 0) is 30.2 Å². The van der Waals surface area contributed by atoms with Crippen molar-refractivity contribution in [1.82, 2.24) is 14.5 Å². The number of nitrogens with zero attached hydrogens (tertiary/aromatic N) is 3. The third-order valence-electron chi connectivity index (χ3n) is 4.02. The molecule has 2 aromatic rings. The zero-order valence-electron chi connectivity index (χ0n) is 15.4. The summed E-state index contributed by atoms with van der Waals surface area (Å²) in [5.74, 6) is 1.76. The predicted molar refractivity (Wildman–Crippen MR) is 96.2 cm³/mol. The van der Waals surface area contributed by atoms with Crippen molar-refractivity contribution in [3.8, 4) is 5.75 Å². The maximum atomic E-state index is 10.2. The van der Waals surface area contributed by atoms with Crippen molar-refractivity contribution in [2.75, 3.05) is 20.2 Å². The Balaban J connectivity index is 1.78. The normalized spacial score (nSPS) is 13.3. The number of imidazole rings is 1. The molecule has 1 heterocycles. The highest BCUT2D eigenvalue weighted by Crippen LogP contribution is 2.24. The average Bonchev–Trinajstić information content (AvgIpc) is 2.90. The fourth-order valence-electron chi connectivity index (χ4n) is 2.51. The van der Waals surface area contributed by atoms with E-state index in [1.165, 1.54) is 5.56 Å². The summed E-state index contributed by atoms with van der Waals surface area (Å²) < 4.78 is 7.68. The molecule has 0 aliphatic heterocycles. The van der Waals surface area contributed by atoms with Gasteiger partial charge in [0.1, 0.15) is 24.3 Å². The lowest BCUT2D eigenvalue weighted by Crippen LogP contribution is -2.33. The van der Waals surface area contributed by atoms with Crippen LogP contribution in [0.5, 0.6) is 5.75 Å². The number of aryl methyl sites for hydroxylation is 1. The van der Waals surface area contributed by atoms with Gasteiger partial charge in [0, 0.05) is 26.0 Å². The number of ether oxygens (including phenoxy) is 1. The van der Waals surface area contributed by atoms with Crippen molar-refractivity contribution >= 4 is 0 Å². The highest BCUT2D eigenvalue weighted by molar-refractivity contribution is 5.31. The predicted octanol–water partition coefficient (Wildman–Crippen LogP) is 2.59. The average molecular weight is 331 g/mol. The van der Waals surface area contributed by atoms with Crippen molar-refractivity contribution in [1.29, 1.82) is 0 Å². The van der Waals surface area contributed by atoms with Crippen LogP contribution in [0.2, 0.25) is 0 Å². The summed E-state index contributed by atoms with van der Waals surface area (Å²) >= 11 is 0. The molecule has 0 aliphatic carbocycles. The fraction of sp³-hybridized carbons (Fsp3) is 0.526. The highest BCUT2D eigenvalue weighted by atomic mass is 16.5. The maximum absolute atomic E-state index is 10.2. The molecule has 132 valence electrons. The van der Waals surface area contributed by atoms with E-state index in [1.807, 2.05) is 41.9 Å². The molecule has 5 nitrogen and oxygen atoms in total. The number of aliphatic hydroxyl groups is 1. The summed E-state index contributed by atoms with van der Waals surface area (Å²) in [6.45, 7) is 8.06. The van der Waals surface area contributed by atoms with E-state index in [9.17, 15) is 5.11 Å². The van der Waals surface area contributed by atoms with Crippen LogP contribution in [0.4, 0.5) is 0 Å². The van der Waals surface area contributed by atoms with Gasteiger partial charge in [0.2, 0.25) is 0 Å². The molecule has 2 rings (SSSR count). The summed E-state index contributed by atoms with van der Waals surface area (Å²) in [6, 6.07) is 8.08. The Bertz CT molecular complexity index is 629. The minimum absolute atomic E-state index is 0.131. The Morgan fingerprint density at radius 1 is 1.25 bits per heavy atom. The lowest BCUT2D eigenvalue weighted by molar-refractivity contribution is 0.0734. The first kappa shape index (κ1) is 18.5. The van der Waals surface area contributed by atoms with E-state index < -0.39 is 6.10 Å². The first-order valence-corrected chi connectivity index (χ1v) is 8.32. The van der Waals surface area contributed by atoms with Crippen molar-refractivity contribution in [3.05, 3.63) is 48.0 Å². The van der Waals surface area contributed by atoms with E-state index in [0.29, 0.717) is 13.1 Å². The van der Waals surface area contributed by atoms with Gasteiger partial charge in [0.15, 0.2) is 0 Å². The minimum atomic E-state index is -0.544. The first-order valence-electron chi connectivity index (χ1n) is 8.32. The van der Waals surface area contributed by atoms with E-state index >= 15 is 0 Å². The van der Waals surface area contributed by atoms with E-state index in [-0.39, 0.29) is 12.0 Å². The third-order valence-corrected chi connectivity index (χ3v) is 4.02. The molecule has 0 radical (unpaired) electrons. The zero-order valence-corrected chi connectivity index (χ0v) is 15.4. The second-order valence-corrected chi connectivity index (χ2v) is 7.39. The van der Waals surface area contributed by atoms with Gasteiger partial charge >= 0.3 is 0 Å². The minimum Gasteiger partial charge on any atom is -0.491 e. The number of benzene rings is 1. The van der Waals surface area contributed by atoms with Gasteiger partial charge in [-0.1, -0.05) is 32.9 Å². The largest absolute Gasteiger partial charge is 0.491 e. The first-order chi connectivity index (χ1) is 11.3. The standard InChI is InChI=1S/C19H29N3O2/c1-19(2,3)15-6-8-17(9-7-15)24-14-16(23)12-21(4)13-18-20-10-11-22(18)5/h6-11,16,23H,12-14H2,1-5H3. The molecular formula is C19H29N3O2. The molecule has 0 amide bonds. The van der Waals surface area contributed by atoms with Crippen LogP contribution < -0.4 is 4.74 Å². The lowest BCUT2D eigenvalue weighted by Gasteiger charge is -2.21. The topological polar surface area (TPSA) is 50.5 Å². The summed E-state index contributed by atoms with van der Waals surface area (Å²) in [6.07, 6.45) is 3.16. The molecule has 1 aromatic heterocycles. The van der Waals surface area contributed by atoms with Crippen molar-refractivity contribution in [2.45, 2.75) is 38.8 Å². The van der Waals surface area contributed by atoms with Crippen molar-refractivity contribution in [2.24, 2.45) is 7.05 Å². The zero-order chi connectivity index (χ0) is 17.7. The number of rotatable bonds is 7. The Morgan fingerprint density at radius 2 is 1.92 bits per heavy atom. The van der Waals surface area contributed by atoms with Crippen LogP contribution >= 0.6 is 0 Å². The second kappa shape index (κ2) is 7.81. The highest BCUT2D eigenvalue weighted by Gasteiger charge is 2.14. The van der Waals surface area contributed by atoms with Gasteiger partial charge in [-0.2, -0.15) is 0 Å². The Labute approximate surface area is 144 Å². The van der Waals surface area contributed by atoms with E-state index in [2.05, 4.69) is 37.9 Å². The van der Waals surface area contributed by atoms with Crippen LogP contribution in [-0.2, 0) is 19.0 Å². The van der Waals surface area contributed by atoms with Crippen LogP contribution in [0.25, 0.3) is 0 Å². The van der Waals surface area contributed by atoms with Gasteiger partial charge in [-0.15, -0.1) is 0 Å².